The van der Waals surface area contributed by atoms with Gasteiger partial charge < -0.3 is 49.7 Å². The molecule has 0 saturated heterocycles. The summed E-state index contributed by atoms with van der Waals surface area (Å²) in [5, 5.41) is 10.7. The molecule has 0 atom stereocenters. The number of amides is 4. The quantitative estimate of drug-likeness (QED) is 0.0401. The predicted molar refractivity (Wildman–Crippen MR) is 209 cm³/mol. The second-order valence-corrected chi connectivity index (χ2v) is 13.3. The van der Waals surface area contributed by atoms with Crippen molar-refractivity contribution in [1.29, 1.82) is 0 Å². The second-order valence-electron chi connectivity index (χ2n) is 13.3. The van der Waals surface area contributed by atoms with E-state index in [0.29, 0.717) is 32.8 Å². The molecule has 0 heterocycles. The van der Waals surface area contributed by atoms with Crippen LogP contribution in [0.5, 0.6) is 0 Å². The summed E-state index contributed by atoms with van der Waals surface area (Å²) in [5.41, 5.74) is 0. The molecule has 0 unspecified atom stereocenters. The first-order valence-corrected chi connectivity index (χ1v) is 20.0. The SMILES string of the molecule is CCCCN(CCC)CCOC(=O)NCCCCCCNC(=O)OCCOC(=O)C(C)C.COC(=O)NCCCCCCNC(=O)OCCOC(=O)C(C)C. The molecule has 4 N–H and O–H groups in total. The van der Waals surface area contributed by atoms with Crippen LogP contribution < -0.4 is 21.3 Å². The summed E-state index contributed by atoms with van der Waals surface area (Å²) < 4.78 is 29.3. The molecule has 55 heavy (non-hydrogen) atoms. The molecule has 0 spiro atoms. The van der Waals surface area contributed by atoms with Crippen LogP contribution in [-0.4, -0.2) is 127 Å². The predicted octanol–water partition coefficient (Wildman–Crippen LogP) is 5.54. The number of esters is 2. The average molecular weight is 792 g/mol. The van der Waals surface area contributed by atoms with Crippen LogP contribution in [0.15, 0.2) is 0 Å². The zero-order chi connectivity index (χ0) is 41.5. The Morgan fingerprint density at radius 2 is 0.800 bits per heavy atom. The molecular weight excluding hydrogens is 718 g/mol. The lowest BCUT2D eigenvalue weighted by Crippen LogP contribution is -2.32. The summed E-state index contributed by atoms with van der Waals surface area (Å²) in [7, 11) is 1.33. The van der Waals surface area contributed by atoms with Crippen LogP contribution in [0.4, 0.5) is 19.2 Å². The summed E-state index contributed by atoms with van der Waals surface area (Å²) >= 11 is 0. The Morgan fingerprint density at radius 1 is 0.436 bits per heavy atom. The van der Waals surface area contributed by atoms with Gasteiger partial charge in [0, 0.05) is 32.7 Å². The van der Waals surface area contributed by atoms with Crippen LogP contribution in [0.25, 0.3) is 0 Å². The number of alkyl carbamates (subject to hydrolysis) is 4. The van der Waals surface area contributed by atoms with Gasteiger partial charge in [-0.3, -0.25) is 14.5 Å². The van der Waals surface area contributed by atoms with Gasteiger partial charge in [0.25, 0.3) is 0 Å². The third-order valence-electron chi connectivity index (χ3n) is 7.54. The van der Waals surface area contributed by atoms with Crippen molar-refractivity contribution in [1.82, 2.24) is 26.2 Å². The highest BCUT2D eigenvalue weighted by Gasteiger charge is 2.10. The molecule has 4 amide bonds. The zero-order valence-electron chi connectivity index (χ0n) is 34.8. The molecule has 0 bridgehead atoms. The van der Waals surface area contributed by atoms with Gasteiger partial charge in [-0.1, -0.05) is 73.6 Å². The van der Waals surface area contributed by atoms with Gasteiger partial charge in [0.15, 0.2) is 0 Å². The number of nitrogens with one attached hydrogen (secondary N) is 4. The number of carbonyl (C=O) groups excluding carboxylic acids is 6. The number of carbonyl (C=O) groups is 6. The molecule has 0 rings (SSSR count). The third kappa shape index (κ3) is 38.1. The first-order chi connectivity index (χ1) is 26.4. The molecule has 17 nitrogen and oxygen atoms in total. The second kappa shape index (κ2) is 38.3. The normalized spacial score (nSPS) is 10.5. The molecule has 0 aliphatic rings. The van der Waals surface area contributed by atoms with Gasteiger partial charge in [-0.05, 0) is 51.6 Å². The summed E-state index contributed by atoms with van der Waals surface area (Å²) in [6, 6.07) is 0. The van der Waals surface area contributed by atoms with Gasteiger partial charge in [0.1, 0.15) is 33.0 Å². The van der Waals surface area contributed by atoms with Crippen molar-refractivity contribution in [2.45, 2.75) is 112 Å². The maximum atomic E-state index is 11.7. The lowest BCUT2D eigenvalue weighted by atomic mass is 10.2. The van der Waals surface area contributed by atoms with Crippen molar-refractivity contribution in [3.63, 3.8) is 0 Å². The molecule has 0 fully saturated rings. The van der Waals surface area contributed by atoms with Gasteiger partial charge in [0.2, 0.25) is 0 Å². The molecule has 0 radical (unpaired) electrons. The lowest BCUT2D eigenvalue weighted by Gasteiger charge is -2.21. The molecule has 0 aliphatic heterocycles. The number of nitrogens with zero attached hydrogens (tertiary/aromatic N) is 1. The maximum absolute atomic E-state index is 11.7. The van der Waals surface area contributed by atoms with E-state index in [0.717, 1.165) is 77.4 Å². The Kier molecular flexibility index (Phi) is 36.9. The van der Waals surface area contributed by atoms with Crippen molar-refractivity contribution >= 4 is 36.3 Å². The molecule has 0 saturated carbocycles. The standard InChI is InChI=1S/C23H45N3O6.C15H28N2O6/c1-5-7-15-26(14-6-2)16-17-31-22(28)24-12-10-8-9-11-13-25-23(29)32-19-18-30-21(27)20(3)4;1-12(2)13(18)22-10-11-23-15(20)17-9-7-5-4-6-8-16-14(19)21-3/h20H,5-19H2,1-4H3,(H,24,28)(H,25,29);12H,4-11H2,1-3H3,(H,16,19)(H,17,20). The smallest absolute Gasteiger partial charge is 0.407 e. The first kappa shape index (κ1) is 53.1. The minimum Gasteiger partial charge on any atom is -0.462 e. The highest BCUT2D eigenvalue weighted by Crippen LogP contribution is 2.01. The van der Waals surface area contributed by atoms with Crippen LogP contribution in [0.2, 0.25) is 0 Å². The van der Waals surface area contributed by atoms with Crippen molar-refractivity contribution in [2.75, 3.05) is 86.0 Å². The topological polar surface area (TPSA) is 209 Å². The zero-order valence-corrected chi connectivity index (χ0v) is 34.8. The van der Waals surface area contributed by atoms with E-state index < -0.39 is 18.3 Å². The highest BCUT2D eigenvalue weighted by atomic mass is 16.6. The Balaban J connectivity index is 0. The minimum atomic E-state index is -0.516. The molecule has 322 valence electrons. The van der Waals surface area contributed by atoms with E-state index in [-0.39, 0.29) is 56.3 Å². The van der Waals surface area contributed by atoms with E-state index in [1.54, 1.807) is 27.7 Å². The van der Waals surface area contributed by atoms with Gasteiger partial charge in [-0.15, -0.1) is 0 Å². The summed E-state index contributed by atoms with van der Waals surface area (Å²) in [5.74, 6) is -0.998. The van der Waals surface area contributed by atoms with E-state index >= 15 is 0 Å². The lowest BCUT2D eigenvalue weighted by molar-refractivity contribution is -0.149. The molecule has 0 aromatic heterocycles. The van der Waals surface area contributed by atoms with Crippen LogP contribution in [0.1, 0.15) is 112 Å². The summed E-state index contributed by atoms with van der Waals surface area (Å²) in [6.45, 7) is 17.0. The maximum Gasteiger partial charge on any atom is 0.407 e. The van der Waals surface area contributed by atoms with Crippen molar-refractivity contribution in [2.24, 2.45) is 11.8 Å². The Bertz CT molecular complexity index is 1020. The van der Waals surface area contributed by atoms with Crippen LogP contribution in [0.3, 0.4) is 0 Å². The minimum absolute atomic E-state index is 0.0431. The van der Waals surface area contributed by atoms with E-state index in [1.807, 2.05) is 0 Å². The number of hydrogen-bond acceptors (Lipinski definition) is 13. The number of rotatable bonds is 30. The Morgan fingerprint density at radius 3 is 1.15 bits per heavy atom. The first-order valence-electron chi connectivity index (χ1n) is 20.0. The Labute approximate surface area is 329 Å². The van der Waals surface area contributed by atoms with Crippen LogP contribution in [-0.2, 0) is 38.0 Å². The van der Waals surface area contributed by atoms with Crippen molar-refractivity contribution in [3.05, 3.63) is 0 Å². The van der Waals surface area contributed by atoms with Crippen LogP contribution >= 0.6 is 0 Å². The van der Waals surface area contributed by atoms with Gasteiger partial charge in [0.05, 0.1) is 18.9 Å². The van der Waals surface area contributed by atoms with Crippen molar-refractivity contribution < 1.29 is 57.2 Å². The summed E-state index contributed by atoms with van der Waals surface area (Å²) in [4.78, 5) is 70.1. The van der Waals surface area contributed by atoms with E-state index in [1.165, 1.54) is 20.0 Å². The fraction of sp³-hybridized carbons (Fsp3) is 0.842. The van der Waals surface area contributed by atoms with Crippen LogP contribution in [0, 0.1) is 11.8 Å². The fourth-order valence-corrected chi connectivity index (χ4v) is 4.38. The number of hydrogen-bond donors (Lipinski definition) is 4. The van der Waals surface area contributed by atoms with Gasteiger partial charge in [-0.2, -0.15) is 0 Å². The van der Waals surface area contributed by atoms with Crippen molar-refractivity contribution in [3.8, 4) is 0 Å². The summed E-state index contributed by atoms with van der Waals surface area (Å²) in [6.07, 6.45) is 8.77. The van der Waals surface area contributed by atoms with E-state index in [4.69, 9.17) is 23.7 Å². The molecule has 0 aromatic carbocycles. The largest absolute Gasteiger partial charge is 0.462 e. The number of methoxy groups -OCH3 is 1. The average Bonchev–Trinajstić information content (AvgIpc) is 3.15. The number of unbranched alkanes of at least 4 members (excludes halogenated alkanes) is 7. The van der Waals surface area contributed by atoms with E-state index in [2.05, 4.69) is 44.8 Å². The molecule has 17 heteroatoms. The van der Waals surface area contributed by atoms with E-state index in [9.17, 15) is 28.8 Å². The monoisotopic (exact) mass is 792 g/mol. The third-order valence-corrected chi connectivity index (χ3v) is 7.54. The fourth-order valence-electron chi connectivity index (χ4n) is 4.38. The molecule has 0 aliphatic carbocycles. The van der Waals surface area contributed by atoms with Gasteiger partial charge in [-0.25, -0.2) is 19.2 Å². The Hall–Kier alpha value is -4.02. The van der Waals surface area contributed by atoms with Gasteiger partial charge >= 0.3 is 36.3 Å². The molecular formula is C38H73N5O12. The highest BCUT2D eigenvalue weighted by molar-refractivity contribution is 5.72. The molecule has 0 aromatic rings. The number of ether oxygens (including phenoxy) is 6.